The summed E-state index contributed by atoms with van der Waals surface area (Å²) in [5, 5.41) is 7.03. The number of rotatable bonds is 4. The highest BCUT2D eigenvalue weighted by atomic mass is 19.1. The van der Waals surface area contributed by atoms with Crippen LogP contribution in [-0.4, -0.2) is 39.9 Å². The maximum atomic E-state index is 13.2. The van der Waals surface area contributed by atoms with Gasteiger partial charge in [-0.25, -0.2) is 9.07 Å². The number of hydrogen-bond donors (Lipinski definition) is 2. The van der Waals surface area contributed by atoms with Crippen molar-refractivity contribution in [3.8, 4) is 5.69 Å². The van der Waals surface area contributed by atoms with Gasteiger partial charge in [-0.15, -0.1) is 0 Å². The molecule has 1 unspecified atom stereocenters. The van der Waals surface area contributed by atoms with Gasteiger partial charge < -0.3 is 10.1 Å². The van der Waals surface area contributed by atoms with Gasteiger partial charge in [-0.05, 0) is 55.3 Å². The lowest BCUT2D eigenvalue weighted by atomic mass is 10.1. The molecule has 1 aliphatic rings. The number of pyridine rings is 1. The number of aromatic nitrogens is 3. The Bertz CT molecular complexity index is 1300. The second-order valence-electron chi connectivity index (χ2n) is 7.35. The van der Waals surface area contributed by atoms with E-state index in [1.54, 1.807) is 18.2 Å². The maximum absolute atomic E-state index is 13.2. The molecule has 2 N–H and O–H groups in total. The molecule has 1 saturated heterocycles. The van der Waals surface area contributed by atoms with Gasteiger partial charge in [-0.3, -0.25) is 19.7 Å². The second kappa shape index (κ2) is 7.38. The predicted molar refractivity (Wildman–Crippen MR) is 110 cm³/mol. The van der Waals surface area contributed by atoms with Crippen molar-refractivity contribution in [3.63, 3.8) is 0 Å². The number of hydrogen-bond acceptors (Lipinski definition) is 4. The van der Waals surface area contributed by atoms with Crippen molar-refractivity contribution in [1.29, 1.82) is 0 Å². The molecule has 30 heavy (non-hydrogen) atoms. The first-order valence-corrected chi connectivity index (χ1v) is 9.79. The number of ether oxygens (including phenoxy) is 1. The molecule has 1 aliphatic heterocycles. The molecule has 5 rings (SSSR count). The van der Waals surface area contributed by atoms with Crippen LogP contribution in [0.3, 0.4) is 0 Å². The minimum Gasteiger partial charge on any atom is -0.376 e. The summed E-state index contributed by atoms with van der Waals surface area (Å²) in [5.41, 5.74) is 1.93. The smallest absolute Gasteiger partial charge is 0.280 e. The van der Waals surface area contributed by atoms with Crippen LogP contribution in [0.25, 0.3) is 27.5 Å². The average molecular weight is 406 g/mol. The maximum Gasteiger partial charge on any atom is 0.280 e. The molecule has 0 radical (unpaired) electrons. The van der Waals surface area contributed by atoms with Gasteiger partial charge in [0.25, 0.3) is 11.5 Å². The van der Waals surface area contributed by atoms with E-state index in [0.29, 0.717) is 39.6 Å². The fourth-order valence-corrected chi connectivity index (χ4v) is 3.79. The van der Waals surface area contributed by atoms with Gasteiger partial charge in [0, 0.05) is 30.3 Å². The van der Waals surface area contributed by atoms with Gasteiger partial charge in [-0.2, -0.15) is 0 Å². The lowest BCUT2D eigenvalue weighted by Crippen LogP contribution is -2.31. The van der Waals surface area contributed by atoms with Crippen molar-refractivity contribution in [3.05, 3.63) is 70.4 Å². The number of H-pyrrole nitrogens is 1. The number of halogens is 1. The molecule has 2 aromatic carbocycles. The number of aromatic amines is 1. The third-order valence-corrected chi connectivity index (χ3v) is 5.39. The molecule has 3 heterocycles. The first-order valence-electron chi connectivity index (χ1n) is 9.79. The molecule has 152 valence electrons. The van der Waals surface area contributed by atoms with E-state index < -0.39 is 0 Å². The summed E-state index contributed by atoms with van der Waals surface area (Å²) < 4.78 is 20.1. The van der Waals surface area contributed by atoms with E-state index in [0.717, 1.165) is 19.4 Å². The molecular weight excluding hydrogens is 387 g/mol. The number of carbonyl (C=O) groups excluding carboxylic acids is 1. The average Bonchev–Trinajstić information content (AvgIpc) is 3.40. The van der Waals surface area contributed by atoms with Crippen molar-refractivity contribution in [1.82, 2.24) is 20.1 Å². The summed E-state index contributed by atoms with van der Waals surface area (Å²) in [7, 11) is 0. The first kappa shape index (κ1) is 18.5. The summed E-state index contributed by atoms with van der Waals surface area (Å²) in [5.74, 6) is -0.585. The zero-order chi connectivity index (χ0) is 20.7. The lowest BCUT2D eigenvalue weighted by molar-refractivity contribution is 0.0858. The highest BCUT2D eigenvalue weighted by molar-refractivity contribution is 6.06. The third-order valence-electron chi connectivity index (χ3n) is 5.39. The van der Waals surface area contributed by atoms with Crippen LogP contribution in [0.15, 0.2) is 53.5 Å². The molecule has 0 spiro atoms. The van der Waals surface area contributed by atoms with Crippen LogP contribution in [0.2, 0.25) is 0 Å². The van der Waals surface area contributed by atoms with Crippen molar-refractivity contribution in [2.75, 3.05) is 13.2 Å². The Morgan fingerprint density at radius 1 is 1.23 bits per heavy atom. The number of nitrogens with zero attached hydrogens (tertiary/aromatic N) is 2. The van der Waals surface area contributed by atoms with E-state index in [9.17, 15) is 14.0 Å². The van der Waals surface area contributed by atoms with Crippen LogP contribution in [0.4, 0.5) is 4.39 Å². The fourth-order valence-electron chi connectivity index (χ4n) is 3.79. The Kier molecular flexibility index (Phi) is 4.55. The molecule has 0 aliphatic carbocycles. The van der Waals surface area contributed by atoms with Gasteiger partial charge in [0.15, 0.2) is 0 Å². The van der Waals surface area contributed by atoms with Gasteiger partial charge in [0.05, 0.1) is 28.2 Å². The Balaban J connectivity index is 1.54. The quantitative estimate of drug-likeness (QED) is 0.545. The second-order valence-corrected chi connectivity index (χ2v) is 7.35. The Hall–Kier alpha value is -3.52. The van der Waals surface area contributed by atoms with Crippen LogP contribution in [0.5, 0.6) is 0 Å². The van der Waals surface area contributed by atoms with E-state index in [2.05, 4.69) is 15.4 Å². The molecule has 1 fully saturated rings. The van der Waals surface area contributed by atoms with Crippen LogP contribution in [0.1, 0.15) is 23.2 Å². The summed E-state index contributed by atoms with van der Waals surface area (Å²) in [6.45, 7) is 1.20. The molecule has 1 atom stereocenters. The van der Waals surface area contributed by atoms with Crippen molar-refractivity contribution >= 4 is 27.7 Å². The summed E-state index contributed by atoms with van der Waals surface area (Å²) in [4.78, 5) is 29.8. The van der Waals surface area contributed by atoms with Crippen LogP contribution in [0, 0.1) is 5.82 Å². The highest BCUT2D eigenvalue weighted by Crippen LogP contribution is 2.22. The Morgan fingerprint density at radius 3 is 2.83 bits per heavy atom. The molecule has 2 aromatic heterocycles. The molecule has 4 aromatic rings. The molecular formula is C22H19FN4O3. The van der Waals surface area contributed by atoms with Gasteiger partial charge in [0.2, 0.25) is 0 Å². The normalized spacial score (nSPS) is 16.4. The standard InChI is InChI=1S/C22H19FN4O3/c23-14-4-6-15(7-5-14)27-22(29)18-12-24-19-8-3-13(10-17(19)20(18)26-27)21(28)25-11-16-2-1-9-30-16/h3-8,10,12,16,26H,1-2,9,11H2,(H,25,28). The first-order chi connectivity index (χ1) is 14.6. The van der Waals surface area contributed by atoms with Gasteiger partial charge in [-0.1, -0.05) is 0 Å². The Morgan fingerprint density at radius 2 is 2.07 bits per heavy atom. The number of carbonyl (C=O) groups is 1. The number of nitrogens with one attached hydrogen (secondary N) is 2. The number of fused-ring (bicyclic) bond motifs is 3. The van der Waals surface area contributed by atoms with Crippen LogP contribution >= 0.6 is 0 Å². The third kappa shape index (κ3) is 3.25. The zero-order valence-electron chi connectivity index (χ0n) is 16.0. The monoisotopic (exact) mass is 406 g/mol. The largest absolute Gasteiger partial charge is 0.376 e. The van der Waals surface area contributed by atoms with Crippen molar-refractivity contribution in [2.24, 2.45) is 0 Å². The molecule has 0 bridgehead atoms. The topological polar surface area (TPSA) is 89.0 Å². The van der Waals surface area contributed by atoms with E-state index in [4.69, 9.17) is 4.74 Å². The van der Waals surface area contributed by atoms with Gasteiger partial charge in [0.1, 0.15) is 5.82 Å². The zero-order valence-corrected chi connectivity index (χ0v) is 16.0. The van der Waals surface area contributed by atoms with E-state index in [1.165, 1.54) is 35.1 Å². The predicted octanol–water partition coefficient (Wildman–Crippen LogP) is 2.91. The van der Waals surface area contributed by atoms with Crippen molar-refractivity contribution < 1.29 is 13.9 Å². The molecule has 1 amide bonds. The van der Waals surface area contributed by atoms with E-state index in [1.807, 2.05) is 0 Å². The lowest BCUT2D eigenvalue weighted by Gasteiger charge is -2.11. The highest BCUT2D eigenvalue weighted by Gasteiger charge is 2.18. The number of amides is 1. The minimum absolute atomic E-state index is 0.0591. The van der Waals surface area contributed by atoms with Crippen LogP contribution < -0.4 is 10.9 Å². The van der Waals surface area contributed by atoms with E-state index in [-0.39, 0.29) is 23.4 Å². The van der Waals surface area contributed by atoms with E-state index >= 15 is 0 Å². The molecule has 8 heteroatoms. The fraction of sp³-hybridized carbons (Fsp3) is 0.227. The summed E-state index contributed by atoms with van der Waals surface area (Å²) in [6.07, 6.45) is 3.52. The minimum atomic E-state index is -0.381. The molecule has 7 nitrogen and oxygen atoms in total. The summed E-state index contributed by atoms with van der Waals surface area (Å²) >= 11 is 0. The summed E-state index contributed by atoms with van der Waals surface area (Å²) in [6, 6.07) is 10.8. The number of benzene rings is 2. The Labute approximate surface area is 170 Å². The molecule has 0 saturated carbocycles. The SMILES string of the molecule is O=C(NCC1CCCO1)c1ccc2ncc3c(=O)n(-c4ccc(F)cc4)[nH]c3c2c1. The van der Waals surface area contributed by atoms with Crippen molar-refractivity contribution in [2.45, 2.75) is 18.9 Å². The van der Waals surface area contributed by atoms with Gasteiger partial charge >= 0.3 is 0 Å². The van der Waals surface area contributed by atoms with Crippen LogP contribution in [-0.2, 0) is 4.74 Å².